The van der Waals surface area contributed by atoms with Crippen LogP contribution < -0.4 is 0 Å². The van der Waals surface area contributed by atoms with Gasteiger partial charge in [0.15, 0.2) is 0 Å². The van der Waals surface area contributed by atoms with Crippen LogP contribution in [0.1, 0.15) is 20.8 Å². The van der Waals surface area contributed by atoms with Crippen LogP contribution in [0.3, 0.4) is 0 Å². The highest BCUT2D eigenvalue weighted by Crippen LogP contribution is 2.19. The molecule has 124 valence electrons. The molecule has 0 saturated carbocycles. The minimum absolute atomic E-state index is 0.660. The smallest absolute Gasteiger partial charge is 0.0924 e. The lowest BCUT2D eigenvalue weighted by molar-refractivity contribution is 0.405. The minimum Gasteiger partial charge on any atom is -0.281 e. The van der Waals surface area contributed by atoms with Gasteiger partial charge in [-0.05, 0) is 50.1 Å². The van der Waals surface area contributed by atoms with Crippen molar-refractivity contribution in [3.63, 3.8) is 0 Å². The van der Waals surface area contributed by atoms with E-state index in [1.54, 1.807) is 12.3 Å². The Morgan fingerprint density at radius 2 is 2.04 bits per heavy atom. The Kier molecular flexibility index (Phi) is 5.64. The molecular formula is C20H24N4. The molecule has 0 aromatic rings. The molecule has 0 bridgehead atoms. The fraction of sp³-hybridized carbons (Fsp3) is 0.250. The summed E-state index contributed by atoms with van der Waals surface area (Å²) >= 11 is 0. The van der Waals surface area contributed by atoms with E-state index in [9.17, 15) is 0 Å². The molecule has 2 rings (SSSR count). The van der Waals surface area contributed by atoms with E-state index in [4.69, 9.17) is 0 Å². The molecule has 0 aromatic heterocycles. The van der Waals surface area contributed by atoms with Crippen molar-refractivity contribution in [1.82, 2.24) is 5.01 Å². The molecule has 0 unspecified atom stereocenters. The molecule has 24 heavy (non-hydrogen) atoms. The van der Waals surface area contributed by atoms with Gasteiger partial charge in [0.05, 0.1) is 30.2 Å². The van der Waals surface area contributed by atoms with Gasteiger partial charge >= 0.3 is 0 Å². The fourth-order valence-corrected chi connectivity index (χ4v) is 2.22. The monoisotopic (exact) mass is 320 g/mol. The van der Waals surface area contributed by atoms with Gasteiger partial charge in [0, 0.05) is 17.5 Å². The first-order chi connectivity index (χ1) is 11.4. The van der Waals surface area contributed by atoms with E-state index in [1.807, 2.05) is 37.9 Å². The lowest BCUT2D eigenvalue weighted by atomic mass is 10.1. The first kappa shape index (κ1) is 17.6. The van der Waals surface area contributed by atoms with Gasteiger partial charge < -0.3 is 0 Å². The van der Waals surface area contributed by atoms with Crippen LogP contribution in [0, 0.1) is 0 Å². The quantitative estimate of drug-likeness (QED) is 0.533. The molecule has 0 aromatic carbocycles. The Labute approximate surface area is 144 Å². The predicted octanol–water partition coefficient (Wildman–Crippen LogP) is 4.24. The van der Waals surface area contributed by atoms with Gasteiger partial charge in [-0.1, -0.05) is 25.8 Å². The van der Waals surface area contributed by atoms with E-state index in [0.717, 1.165) is 34.0 Å². The molecule has 4 nitrogen and oxygen atoms in total. The third-order valence-electron chi connectivity index (χ3n) is 3.55. The van der Waals surface area contributed by atoms with Crippen LogP contribution in [-0.2, 0) is 0 Å². The number of rotatable bonds is 6. The maximum Gasteiger partial charge on any atom is 0.0924 e. The first-order valence-corrected chi connectivity index (χ1v) is 7.87. The number of hydrazone groups is 1. The number of nitrogens with zero attached hydrogens (tertiary/aromatic N) is 4. The Hall–Kier alpha value is -2.75. The van der Waals surface area contributed by atoms with Gasteiger partial charge in [-0.2, -0.15) is 5.10 Å². The van der Waals surface area contributed by atoms with E-state index in [0.29, 0.717) is 13.1 Å². The summed E-state index contributed by atoms with van der Waals surface area (Å²) in [6, 6.07) is 0. The average Bonchev–Trinajstić information content (AvgIpc) is 2.99. The summed E-state index contributed by atoms with van der Waals surface area (Å²) in [5.41, 5.74) is 6.67. The van der Waals surface area contributed by atoms with E-state index in [1.165, 1.54) is 5.57 Å². The standard InChI is InChI=1S/C20H24N4/c1-7-18(12-21-15(4)5)19-9-8-16(6)24(23-19)13-17-10-20(14(2)3)22-11-17/h7-10,12H,1-2,6,11,13H2,3-5H3/b18-12+. The number of allylic oxidation sites excluding steroid dienone is 6. The summed E-state index contributed by atoms with van der Waals surface area (Å²) < 4.78 is 0. The second-order valence-electron chi connectivity index (χ2n) is 6.02. The molecule has 0 fully saturated rings. The van der Waals surface area contributed by atoms with Crippen LogP contribution in [0.15, 0.2) is 87.7 Å². The highest BCUT2D eigenvalue weighted by Gasteiger charge is 2.16. The van der Waals surface area contributed by atoms with Crippen LogP contribution in [0.2, 0.25) is 0 Å². The molecule has 0 spiro atoms. The molecule has 0 aliphatic carbocycles. The van der Waals surface area contributed by atoms with E-state index >= 15 is 0 Å². The Morgan fingerprint density at radius 1 is 1.29 bits per heavy atom. The second kappa shape index (κ2) is 7.68. The third-order valence-corrected chi connectivity index (χ3v) is 3.55. The molecule has 2 aliphatic heterocycles. The molecule has 4 heteroatoms. The Bertz CT molecular complexity index is 751. The predicted molar refractivity (Wildman–Crippen MR) is 105 cm³/mol. The van der Waals surface area contributed by atoms with Crippen molar-refractivity contribution in [1.29, 1.82) is 0 Å². The molecule has 2 heterocycles. The highest BCUT2D eigenvalue weighted by molar-refractivity contribution is 6.11. The molecule has 0 atom stereocenters. The second-order valence-corrected chi connectivity index (χ2v) is 6.02. The van der Waals surface area contributed by atoms with Crippen LogP contribution in [0.4, 0.5) is 0 Å². The molecule has 0 saturated heterocycles. The first-order valence-electron chi connectivity index (χ1n) is 7.87. The van der Waals surface area contributed by atoms with Crippen LogP contribution in [0.5, 0.6) is 0 Å². The lowest BCUT2D eigenvalue weighted by Gasteiger charge is -2.24. The van der Waals surface area contributed by atoms with Crippen molar-refractivity contribution in [2.24, 2.45) is 15.1 Å². The Balaban J connectivity index is 2.19. The summed E-state index contributed by atoms with van der Waals surface area (Å²) in [5.74, 6) is 0. The summed E-state index contributed by atoms with van der Waals surface area (Å²) in [5, 5.41) is 6.57. The zero-order valence-electron chi connectivity index (χ0n) is 14.7. The topological polar surface area (TPSA) is 40.3 Å². The molecule has 2 aliphatic rings. The van der Waals surface area contributed by atoms with Gasteiger partial charge in [0.2, 0.25) is 0 Å². The minimum atomic E-state index is 0.660. The largest absolute Gasteiger partial charge is 0.281 e. The number of hydrogen-bond acceptors (Lipinski definition) is 4. The van der Waals surface area contributed by atoms with Crippen molar-refractivity contribution in [3.8, 4) is 0 Å². The van der Waals surface area contributed by atoms with Crippen LogP contribution in [-0.4, -0.2) is 35.2 Å². The molecule has 0 radical (unpaired) electrons. The van der Waals surface area contributed by atoms with Gasteiger partial charge in [0.25, 0.3) is 0 Å². The van der Waals surface area contributed by atoms with Gasteiger partial charge in [-0.25, -0.2) is 0 Å². The molecular weight excluding hydrogens is 296 g/mol. The van der Waals surface area contributed by atoms with E-state index in [-0.39, 0.29) is 0 Å². The summed E-state index contributed by atoms with van der Waals surface area (Å²) in [6.07, 6.45) is 9.52. The van der Waals surface area contributed by atoms with Gasteiger partial charge in [-0.15, -0.1) is 0 Å². The number of hydrogen-bond donors (Lipinski definition) is 0. The van der Waals surface area contributed by atoms with Crippen LogP contribution in [0.25, 0.3) is 0 Å². The lowest BCUT2D eigenvalue weighted by Crippen LogP contribution is -2.23. The fourth-order valence-electron chi connectivity index (χ4n) is 2.22. The van der Waals surface area contributed by atoms with Crippen molar-refractivity contribution < 1.29 is 0 Å². The van der Waals surface area contributed by atoms with Crippen LogP contribution >= 0.6 is 0 Å². The van der Waals surface area contributed by atoms with E-state index < -0.39 is 0 Å². The van der Waals surface area contributed by atoms with Crippen molar-refractivity contribution in [2.75, 3.05) is 13.1 Å². The maximum absolute atomic E-state index is 4.69. The normalized spacial score (nSPS) is 17.3. The molecule has 0 N–H and O–H groups in total. The summed E-state index contributed by atoms with van der Waals surface area (Å²) in [4.78, 5) is 8.82. The molecule has 0 amide bonds. The van der Waals surface area contributed by atoms with Gasteiger partial charge in [0.1, 0.15) is 0 Å². The van der Waals surface area contributed by atoms with Crippen molar-refractivity contribution >= 4 is 17.1 Å². The zero-order valence-corrected chi connectivity index (χ0v) is 14.7. The SMILES string of the molecule is C=C/C(=C\N=C(C)C)C1=NN(CC2=CC(C(=C)C)=NC2)C(=C)C=C1. The van der Waals surface area contributed by atoms with E-state index in [2.05, 4.69) is 40.9 Å². The highest BCUT2D eigenvalue weighted by atomic mass is 15.5. The zero-order chi connectivity index (χ0) is 17.7. The maximum atomic E-state index is 4.69. The summed E-state index contributed by atoms with van der Waals surface area (Å²) in [7, 11) is 0. The summed E-state index contributed by atoms with van der Waals surface area (Å²) in [6.45, 7) is 19.1. The van der Waals surface area contributed by atoms with Crippen molar-refractivity contribution in [3.05, 3.63) is 72.7 Å². The van der Waals surface area contributed by atoms with Crippen molar-refractivity contribution in [2.45, 2.75) is 20.8 Å². The Morgan fingerprint density at radius 3 is 2.62 bits per heavy atom. The average molecular weight is 320 g/mol. The number of aliphatic imine (C=N–C) groups is 2. The third kappa shape index (κ3) is 4.38. The van der Waals surface area contributed by atoms with Gasteiger partial charge in [-0.3, -0.25) is 15.0 Å².